The van der Waals surface area contributed by atoms with Crippen LogP contribution in [0.25, 0.3) is 11.0 Å². The quantitative estimate of drug-likeness (QED) is 0.286. The highest BCUT2D eigenvalue weighted by Crippen LogP contribution is 2.29. The van der Waals surface area contributed by atoms with Crippen LogP contribution in [0.15, 0.2) is 53.5 Å². The van der Waals surface area contributed by atoms with Gasteiger partial charge < -0.3 is 20.8 Å². The number of H-pyrrole nitrogens is 1. The van der Waals surface area contributed by atoms with Crippen molar-refractivity contribution in [3.63, 3.8) is 0 Å². The lowest BCUT2D eigenvalue weighted by atomic mass is 10.3. The minimum atomic E-state index is -4.79. The zero-order valence-electron chi connectivity index (χ0n) is 14.0. The average molecular weight is 491 g/mol. The van der Waals surface area contributed by atoms with Crippen LogP contribution in [0.1, 0.15) is 5.82 Å². The summed E-state index contributed by atoms with van der Waals surface area (Å²) >= 11 is 0. The second kappa shape index (κ2) is 8.93. The van der Waals surface area contributed by atoms with E-state index in [0.29, 0.717) is 13.0 Å². The van der Waals surface area contributed by atoms with Crippen molar-refractivity contribution in [3.05, 3.63) is 54.4 Å². The van der Waals surface area contributed by atoms with E-state index in [0.717, 1.165) is 16.9 Å². The average Bonchev–Trinajstić information content (AvgIpc) is 2.98. The first-order valence-electron chi connectivity index (χ1n) is 7.76. The van der Waals surface area contributed by atoms with E-state index in [1.165, 1.54) is 18.2 Å². The number of ether oxygens (including phenoxy) is 1. The molecule has 1 aromatic heterocycles. The Morgan fingerprint density at radius 2 is 1.85 bits per heavy atom. The molecular formula is C17H17F3IN5O. The highest BCUT2D eigenvalue weighted by molar-refractivity contribution is 14.0. The predicted molar refractivity (Wildman–Crippen MR) is 108 cm³/mol. The molecule has 27 heavy (non-hydrogen) atoms. The summed E-state index contributed by atoms with van der Waals surface area (Å²) in [4.78, 5) is 11.7. The number of aromatic nitrogens is 2. The third-order valence-corrected chi connectivity index (χ3v) is 3.44. The lowest BCUT2D eigenvalue weighted by Crippen LogP contribution is -2.25. The topological polar surface area (TPSA) is 88.3 Å². The van der Waals surface area contributed by atoms with E-state index in [9.17, 15) is 13.2 Å². The van der Waals surface area contributed by atoms with Gasteiger partial charge in [0.05, 0.1) is 16.7 Å². The first kappa shape index (κ1) is 20.8. The molecule has 1 heterocycles. The standard InChI is InChI=1S/C17H16F3N5O.HI/c18-17(19,20)26-14-8-4-3-7-13(14)25-16(21)22-10-9-15-23-11-5-1-2-6-12(11)24-15;/h1-8H,9-10H2,(H,23,24)(H3,21,22,25);1H. The maximum Gasteiger partial charge on any atom is 0.573 e. The molecule has 0 bridgehead atoms. The SMILES string of the molecule is I.NC(=NCCc1nc2ccccc2[nH]1)Nc1ccccc1OC(F)(F)F. The molecular weight excluding hydrogens is 474 g/mol. The molecule has 0 amide bonds. The lowest BCUT2D eigenvalue weighted by Gasteiger charge is -2.14. The van der Waals surface area contributed by atoms with Crippen molar-refractivity contribution < 1.29 is 17.9 Å². The first-order chi connectivity index (χ1) is 12.4. The van der Waals surface area contributed by atoms with Crippen molar-refractivity contribution in [2.45, 2.75) is 12.8 Å². The van der Waals surface area contributed by atoms with E-state index < -0.39 is 6.36 Å². The summed E-state index contributed by atoms with van der Waals surface area (Å²) in [7, 11) is 0. The molecule has 0 aliphatic rings. The van der Waals surface area contributed by atoms with Crippen molar-refractivity contribution in [1.82, 2.24) is 9.97 Å². The monoisotopic (exact) mass is 491 g/mol. The Kier molecular flexibility index (Phi) is 6.88. The number of nitrogens with two attached hydrogens (primary N) is 1. The fourth-order valence-electron chi connectivity index (χ4n) is 2.37. The van der Waals surface area contributed by atoms with Crippen LogP contribution >= 0.6 is 24.0 Å². The Labute approximate surface area is 170 Å². The number of nitrogens with one attached hydrogen (secondary N) is 2. The van der Waals surface area contributed by atoms with Gasteiger partial charge in [0.15, 0.2) is 11.7 Å². The summed E-state index contributed by atoms with van der Waals surface area (Å²) in [5, 5.41) is 2.62. The third kappa shape index (κ3) is 6.01. The van der Waals surface area contributed by atoms with Gasteiger partial charge in [-0.1, -0.05) is 24.3 Å². The van der Waals surface area contributed by atoms with Crippen molar-refractivity contribution in [2.24, 2.45) is 10.7 Å². The van der Waals surface area contributed by atoms with Gasteiger partial charge in [0.2, 0.25) is 0 Å². The molecule has 2 aromatic carbocycles. The molecule has 4 N–H and O–H groups in total. The molecule has 0 spiro atoms. The molecule has 10 heteroatoms. The number of fused-ring (bicyclic) bond motifs is 1. The molecule has 0 atom stereocenters. The second-order valence-electron chi connectivity index (χ2n) is 5.39. The molecule has 3 aromatic rings. The van der Waals surface area contributed by atoms with Crippen LogP contribution in [-0.4, -0.2) is 28.8 Å². The van der Waals surface area contributed by atoms with Crippen molar-refractivity contribution in [1.29, 1.82) is 0 Å². The number of para-hydroxylation sites is 4. The van der Waals surface area contributed by atoms with Crippen LogP contribution < -0.4 is 15.8 Å². The maximum absolute atomic E-state index is 12.4. The van der Waals surface area contributed by atoms with Crippen LogP contribution in [0.5, 0.6) is 5.75 Å². The van der Waals surface area contributed by atoms with Crippen LogP contribution in [0.3, 0.4) is 0 Å². The summed E-state index contributed by atoms with van der Waals surface area (Å²) < 4.78 is 41.2. The Morgan fingerprint density at radius 3 is 2.59 bits per heavy atom. The van der Waals surface area contributed by atoms with E-state index in [-0.39, 0.29) is 41.4 Å². The number of aromatic amines is 1. The number of imidazole rings is 1. The number of anilines is 1. The Hall–Kier alpha value is -2.50. The maximum atomic E-state index is 12.4. The first-order valence-corrected chi connectivity index (χ1v) is 7.76. The number of benzene rings is 2. The largest absolute Gasteiger partial charge is 0.573 e. The summed E-state index contributed by atoms with van der Waals surface area (Å²) in [5.74, 6) is 0.360. The highest BCUT2D eigenvalue weighted by atomic mass is 127. The Morgan fingerprint density at radius 1 is 1.15 bits per heavy atom. The molecule has 0 saturated heterocycles. The number of guanidine groups is 1. The van der Waals surface area contributed by atoms with Gasteiger partial charge in [-0.15, -0.1) is 37.1 Å². The summed E-state index contributed by atoms with van der Waals surface area (Å²) in [6, 6.07) is 13.2. The van der Waals surface area contributed by atoms with Gasteiger partial charge in [-0.25, -0.2) is 4.98 Å². The van der Waals surface area contributed by atoms with E-state index in [4.69, 9.17) is 5.73 Å². The number of rotatable bonds is 5. The second-order valence-corrected chi connectivity index (χ2v) is 5.39. The lowest BCUT2D eigenvalue weighted by molar-refractivity contribution is -0.274. The fourth-order valence-corrected chi connectivity index (χ4v) is 2.37. The normalized spacial score (nSPS) is 11.9. The molecule has 0 unspecified atom stereocenters. The van der Waals surface area contributed by atoms with Crippen molar-refractivity contribution >= 4 is 46.7 Å². The number of nitrogens with zero attached hydrogens (tertiary/aromatic N) is 2. The number of hydrogen-bond acceptors (Lipinski definition) is 3. The summed E-state index contributed by atoms with van der Waals surface area (Å²) in [6.07, 6.45) is -4.28. The molecule has 0 saturated carbocycles. The minimum absolute atomic E-state index is 0. The van der Waals surface area contributed by atoms with Gasteiger partial charge in [0, 0.05) is 13.0 Å². The van der Waals surface area contributed by atoms with Gasteiger partial charge >= 0.3 is 6.36 Å². The van der Waals surface area contributed by atoms with E-state index in [1.54, 1.807) is 6.07 Å². The number of halogens is 4. The van der Waals surface area contributed by atoms with Crippen LogP contribution in [0.4, 0.5) is 18.9 Å². The molecule has 3 rings (SSSR count). The van der Waals surface area contributed by atoms with E-state index >= 15 is 0 Å². The predicted octanol–water partition coefficient (Wildman–Crippen LogP) is 4.05. The van der Waals surface area contributed by atoms with Gasteiger partial charge in [0.1, 0.15) is 5.82 Å². The molecule has 0 fully saturated rings. The van der Waals surface area contributed by atoms with Gasteiger partial charge in [-0.3, -0.25) is 4.99 Å². The van der Waals surface area contributed by atoms with Gasteiger partial charge in [-0.2, -0.15) is 0 Å². The van der Waals surface area contributed by atoms with Crippen LogP contribution in [0.2, 0.25) is 0 Å². The molecule has 0 radical (unpaired) electrons. The molecule has 6 nitrogen and oxygen atoms in total. The van der Waals surface area contributed by atoms with Gasteiger partial charge in [-0.05, 0) is 24.3 Å². The smallest absolute Gasteiger partial charge is 0.404 e. The number of aliphatic imine (C=N–C) groups is 1. The molecule has 0 aliphatic heterocycles. The fraction of sp³-hybridized carbons (Fsp3) is 0.176. The number of hydrogen-bond donors (Lipinski definition) is 3. The summed E-state index contributed by atoms with van der Waals surface area (Å²) in [6.45, 7) is 0.320. The molecule has 0 aliphatic carbocycles. The van der Waals surface area contributed by atoms with Crippen LogP contribution in [0, 0.1) is 0 Å². The third-order valence-electron chi connectivity index (χ3n) is 3.44. The zero-order chi connectivity index (χ0) is 18.6. The van der Waals surface area contributed by atoms with Gasteiger partial charge in [0.25, 0.3) is 0 Å². The Balaban J connectivity index is 0.00000261. The highest BCUT2D eigenvalue weighted by Gasteiger charge is 2.32. The van der Waals surface area contributed by atoms with Crippen molar-refractivity contribution in [2.75, 3.05) is 11.9 Å². The Bertz CT molecular complexity index is 893. The van der Waals surface area contributed by atoms with E-state index in [2.05, 4.69) is 25.0 Å². The van der Waals surface area contributed by atoms with Crippen molar-refractivity contribution in [3.8, 4) is 5.75 Å². The summed E-state index contributed by atoms with van der Waals surface area (Å²) in [5.41, 5.74) is 7.61. The zero-order valence-corrected chi connectivity index (χ0v) is 16.3. The molecule has 144 valence electrons. The minimum Gasteiger partial charge on any atom is -0.404 e. The van der Waals surface area contributed by atoms with Crippen LogP contribution in [-0.2, 0) is 6.42 Å². The van der Waals surface area contributed by atoms with E-state index in [1.807, 2.05) is 24.3 Å². The number of alkyl halides is 3.